The van der Waals surface area contributed by atoms with Crippen molar-refractivity contribution >= 4 is 5.91 Å². The molecule has 0 spiro atoms. The number of nitrogens with one attached hydrogen (secondary N) is 1. The van der Waals surface area contributed by atoms with Crippen LogP contribution in [0.3, 0.4) is 0 Å². The minimum atomic E-state index is -0.256. The van der Waals surface area contributed by atoms with Crippen molar-refractivity contribution in [2.45, 2.75) is 47.6 Å². The first-order valence-electron chi connectivity index (χ1n) is 10.4. The summed E-state index contributed by atoms with van der Waals surface area (Å²) in [5.41, 5.74) is 8.67. The molecule has 3 rings (SSSR count). The van der Waals surface area contributed by atoms with Gasteiger partial charge in [0.25, 0.3) is 5.91 Å². The largest absolute Gasteiger partial charge is 0.497 e. The molecule has 0 saturated carbocycles. The lowest BCUT2D eigenvalue weighted by Crippen LogP contribution is -2.22. The van der Waals surface area contributed by atoms with Crippen LogP contribution in [0.25, 0.3) is 0 Å². The Labute approximate surface area is 184 Å². The van der Waals surface area contributed by atoms with Gasteiger partial charge in [-0.3, -0.25) is 4.79 Å². The Balaban J connectivity index is 1.73. The van der Waals surface area contributed by atoms with Crippen LogP contribution in [0.5, 0.6) is 11.5 Å². The van der Waals surface area contributed by atoms with E-state index < -0.39 is 0 Å². The van der Waals surface area contributed by atoms with E-state index >= 15 is 0 Å². The topological polar surface area (TPSA) is 60.7 Å². The fraction of sp³-hybridized carbons (Fsp3) is 0.346. The van der Waals surface area contributed by atoms with Crippen molar-refractivity contribution in [2.75, 3.05) is 14.2 Å². The molecule has 0 aliphatic carbocycles. The SMILES string of the molecule is COc1ccc(CNC(=O)c2ccc(Cc3c(C)c(C)c(C)c(C)c3C)o2)c(OC)c1. The number of hydrogen-bond acceptors (Lipinski definition) is 4. The average Bonchev–Trinajstić information content (AvgIpc) is 3.26. The second-order valence-corrected chi connectivity index (χ2v) is 7.91. The molecule has 1 heterocycles. The molecule has 1 N–H and O–H groups in total. The summed E-state index contributed by atoms with van der Waals surface area (Å²) in [7, 11) is 3.20. The van der Waals surface area contributed by atoms with Crippen LogP contribution in [0.2, 0.25) is 0 Å². The van der Waals surface area contributed by atoms with Gasteiger partial charge in [0.1, 0.15) is 17.3 Å². The molecule has 0 aliphatic heterocycles. The van der Waals surface area contributed by atoms with E-state index in [2.05, 4.69) is 39.9 Å². The number of carbonyl (C=O) groups is 1. The van der Waals surface area contributed by atoms with E-state index in [1.165, 1.54) is 33.4 Å². The summed E-state index contributed by atoms with van der Waals surface area (Å²) in [6, 6.07) is 9.12. The van der Waals surface area contributed by atoms with Crippen LogP contribution >= 0.6 is 0 Å². The van der Waals surface area contributed by atoms with E-state index in [-0.39, 0.29) is 5.91 Å². The highest BCUT2D eigenvalue weighted by Gasteiger charge is 2.16. The Morgan fingerprint density at radius 2 is 1.52 bits per heavy atom. The molecule has 0 aliphatic rings. The molecule has 0 saturated heterocycles. The Morgan fingerprint density at radius 3 is 2.13 bits per heavy atom. The molecule has 5 heteroatoms. The molecule has 1 amide bonds. The van der Waals surface area contributed by atoms with Crippen LogP contribution in [-0.4, -0.2) is 20.1 Å². The molecular formula is C26H31NO4. The zero-order valence-corrected chi connectivity index (χ0v) is 19.4. The van der Waals surface area contributed by atoms with Crippen molar-refractivity contribution in [3.05, 3.63) is 80.8 Å². The van der Waals surface area contributed by atoms with Gasteiger partial charge in [-0.15, -0.1) is 0 Å². The van der Waals surface area contributed by atoms with Crippen molar-refractivity contribution in [2.24, 2.45) is 0 Å². The summed E-state index contributed by atoms with van der Waals surface area (Å²) in [5, 5.41) is 2.90. The highest BCUT2D eigenvalue weighted by molar-refractivity contribution is 5.91. The monoisotopic (exact) mass is 421 g/mol. The maximum atomic E-state index is 12.6. The average molecular weight is 422 g/mol. The van der Waals surface area contributed by atoms with Gasteiger partial charge in [-0.1, -0.05) is 0 Å². The van der Waals surface area contributed by atoms with E-state index in [4.69, 9.17) is 13.9 Å². The first kappa shape index (κ1) is 22.5. The molecule has 1 aromatic heterocycles. The number of amides is 1. The summed E-state index contributed by atoms with van der Waals surface area (Å²) in [5.74, 6) is 2.19. The Kier molecular flexibility index (Phi) is 6.74. The number of carbonyl (C=O) groups excluding carboxylic acids is 1. The molecule has 31 heavy (non-hydrogen) atoms. The van der Waals surface area contributed by atoms with Gasteiger partial charge in [0.15, 0.2) is 5.76 Å². The fourth-order valence-electron chi connectivity index (χ4n) is 3.87. The van der Waals surface area contributed by atoms with E-state index in [0.29, 0.717) is 30.2 Å². The first-order valence-corrected chi connectivity index (χ1v) is 10.4. The van der Waals surface area contributed by atoms with Crippen LogP contribution in [0.15, 0.2) is 34.7 Å². The normalized spacial score (nSPS) is 10.8. The third kappa shape index (κ3) is 4.61. The lowest BCUT2D eigenvalue weighted by Gasteiger charge is -2.18. The van der Waals surface area contributed by atoms with Crippen molar-refractivity contribution in [1.82, 2.24) is 5.32 Å². The number of furan rings is 1. The number of ether oxygens (including phenoxy) is 2. The smallest absolute Gasteiger partial charge is 0.287 e. The lowest BCUT2D eigenvalue weighted by molar-refractivity contribution is 0.0921. The zero-order valence-electron chi connectivity index (χ0n) is 19.4. The van der Waals surface area contributed by atoms with Gasteiger partial charge in [0.2, 0.25) is 0 Å². The predicted octanol–water partition coefficient (Wildman–Crippen LogP) is 5.36. The Hall–Kier alpha value is -3.21. The number of methoxy groups -OCH3 is 2. The second kappa shape index (κ2) is 9.29. The Bertz CT molecular complexity index is 1080. The maximum absolute atomic E-state index is 12.6. The zero-order chi connectivity index (χ0) is 22.7. The lowest BCUT2D eigenvalue weighted by atomic mass is 9.88. The second-order valence-electron chi connectivity index (χ2n) is 7.91. The first-order chi connectivity index (χ1) is 14.8. The van der Waals surface area contributed by atoms with E-state index in [9.17, 15) is 4.79 Å². The molecule has 0 unspecified atom stereocenters. The van der Waals surface area contributed by atoms with Crippen molar-refractivity contribution < 1.29 is 18.7 Å². The van der Waals surface area contributed by atoms with Gasteiger partial charge in [0, 0.05) is 24.6 Å². The minimum absolute atomic E-state index is 0.256. The standard InChI is InChI=1S/C26H31NO4/c1-15-16(2)18(4)23(19(5)17(15)3)12-22-10-11-24(31-22)26(28)27-14-20-8-9-21(29-6)13-25(20)30-7/h8-11,13H,12,14H2,1-7H3,(H,27,28). The highest BCUT2D eigenvalue weighted by atomic mass is 16.5. The highest BCUT2D eigenvalue weighted by Crippen LogP contribution is 2.28. The maximum Gasteiger partial charge on any atom is 0.287 e. The van der Waals surface area contributed by atoms with Gasteiger partial charge >= 0.3 is 0 Å². The van der Waals surface area contributed by atoms with Gasteiger partial charge in [-0.05, 0) is 92.3 Å². The van der Waals surface area contributed by atoms with Gasteiger partial charge < -0.3 is 19.2 Å². The Morgan fingerprint density at radius 1 is 0.871 bits per heavy atom. The number of rotatable bonds is 7. The van der Waals surface area contributed by atoms with Gasteiger partial charge in [0.05, 0.1) is 14.2 Å². The minimum Gasteiger partial charge on any atom is -0.497 e. The van der Waals surface area contributed by atoms with Crippen LogP contribution in [0.4, 0.5) is 0 Å². The molecule has 3 aromatic rings. The molecule has 2 aromatic carbocycles. The van der Waals surface area contributed by atoms with E-state index in [1.54, 1.807) is 26.4 Å². The van der Waals surface area contributed by atoms with Gasteiger partial charge in [-0.25, -0.2) is 0 Å². The van der Waals surface area contributed by atoms with E-state index in [1.807, 2.05) is 18.2 Å². The molecular weight excluding hydrogens is 390 g/mol. The summed E-state index contributed by atoms with van der Waals surface area (Å²) >= 11 is 0. The summed E-state index contributed by atoms with van der Waals surface area (Å²) in [6.07, 6.45) is 0.666. The van der Waals surface area contributed by atoms with Crippen LogP contribution in [0.1, 0.15) is 55.3 Å². The molecule has 0 radical (unpaired) electrons. The molecule has 0 atom stereocenters. The van der Waals surface area contributed by atoms with Crippen molar-refractivity contribution in [3.63, 3.8) is 0 Å². The van der Waals surface area contributed by atoms with Crippen LogP contribution in [-0.2, 0) is 13.0 Å². The quantitative estimate of drug-likeness (QED) is 0.558. The molecule has 0 bridgehead atoms. The van der Waals surface area contributed by atoms with Gasteiger partial charge in [-0.2, -0.15) is 0 Å². The van der Waals surface area contributed by atoms with Crippen LogP contribution in [0, 0.1) is 34.6 Å². The third-order valence-electron chi connectivity index (χ3n) is 6.33. The summed E-state index contributed by atoms with van der Waals surface area (Å²) < 4.78 is 16.5. The summed E-state index contributed by atoms with van der Waals surface area (Å²) in [4.78, 5) is 12.6. The molecule has 5 nitrogen and oxygen atoms in total. The van der Waals surface area contributed by atoms with E-state index in [0.717, 1.165) is 11.3 Å². The molecule has 164 valence electrons. The third-order valence-corrected chi connectivity index (χ3v) is 6.33. The van der Waals surface area contributed by atoms with Crippen molar-refractivity contribution in [3.8, 4) is 11.5 Å². The predicted molar refractivity (Wildman–Crippen MR) is 122 cm³/mol. The number of hydrogen-bond donors (Lipinski definition) is 1. The summed E-state index contributed by atoms with van der Waals surface area (Å²) in [6.45, 7) is 11.1. The molecule has 0 fully saturated rings. The van der Waals surface area contributed by atoms with Crippen molar-refractivity contribution in [1.29, 1.82) is 0 Å². The van der Waals surface area contributed by atoms with Crippen LogP contribution < -0.4 is 14.8 Å². The fourth-order valence-corrected chi connectivity index (χ4v) is 3.87. The number of benzene rings is 2.